The quantitative estimate of drug-likeness (QED) is 0.860. The first-order valence-corrected chi connectivity index (χ1v) is 5.82. The highest BCUT2D eigenvalue weighted by atomic mass is 16.6. The summed E-state index contributed by atoms with van der Waals surface area (Å²) < 4.78 is 17.0. The number of amides is 1. The van der Waals surface area contributed by atoms with Crippen molar-refractivity contribution in [3.05, 3.63) is 24.3 Å². The summed E-state index contributed by atoms with van der Waals surface area (Å²) >= 11 is 0. The van der Waals surface area contributed by atoms with E-state index in [1.54, 1.807) is 24.0 Å². The number of carbonyl (C=O) groups excluding carboxylic acids is 1. The van der Waals surface area contributed by atoms with Gasteiger partial charge in [-0.1, -0.05) is 5.10 Å². The number of carbonyl (C=O) groups is 1. The van der Waals surface area contributed by atoms with Crippen LogP contribution in [0, 0.1) is 0 Å². The van der Waals surface area contributed by atoms with Crippen LogP contribution in [0.25, 0.3) is 11.6 Å². The van der Waals surface area contributed by atoms with Gasteiger partial charge < -0.3 is 13.9 Å². The summed E-state index contributed by atoms with van der Waals surface area (Å²) in [6.45, 7) is 0.740. The molecule has 1 aliphatic heterocycles. The summed E-state index contributed by atoms with van der Waals surface area (Å²) in [5.74, 6) is -0.231. The molecule has 2 aromatic heterocycles. The standard InChI is InChI=1S/C11H11N5O4/c1-16-3-2-7(15-16)10-13-14-11(20-10)12-9(17)8-6-18-4-5-19-8/h2-3,6H,4-5H2,1H3,(H,12,14,17). The van der Waals surface area contributed by atoms with E-state index in [0.29, 0.717) is 18.9 Å². The highest BCUT2D eigenvalue weighted by Gasteiger charge is 2.18. The molecular weight excluding hydrogens is 266 g/mol. The average Bonchev–Trinajstić information content (AvgIpc) is 3.09. The van der Waals surface area contributed by atoms with Crippen molar-refractivity contribution in [2.45, 2.75) is 0 Å². The van der Waals surface area contributed by atoms with Crippen molar-refractivity contribution in [3.8, 4) is 11.6 Å². The van der Waals surface area contributed by atoms with Crippen LogP contribution in [0.3, 0.4) is 0 Å². The van der Waals surface area contributed by atoms with E-state index in [1.807, 2.05) is 0 Å². The fraction of sp³-hybridized carbons (Fsp3) is 0.273. The number of nitrogens with one attached hydrogen (secondary N) is 1. The summed E-state index contributed by atoms with van der Waals surface area (Å²) in [5, 5.41) is 14.1. The summed E-state index contributed by atoms with van der Waals surface area (Å²) in [4.78, 5) is 11.8. The lowest BCUT2D eigenvalue weighted by Gasteiger charge is -2.13. The highest BCUT2D eigenvalue weighted by molar-refractivity contribution is 6.00. The van der Waals surface area contributed by atoms with Crippen molar-refractivity contribution >= 4 is 11.9 Å². The van der Waals surface area contributed by atoms with Crippen LogP contribution < -0.4 is 5.32 Å². The van der Waals surface area contributed by atoms with Crippen molar-refractivity contribution in [2.75, 3.05) is 18.5 Å². The van der Waals surface area contributed by atoms with Gasteiger partial charge >= 0.3 is 6.01 Å². The number of rotatable bonds is 3. The maximum atomic E-state index is 11.8. The average molecular weight is 277 g/mol. The van der Waals surface area contributed by atoms with Gasteiger partial charge in [-0.05, 0) is 6.07 Å². The molecule has 9 nitrogen and oxygen atoms in total. The third-order valence-electron chi connectivity index (χ3n) is 2.45. The summed E-state index contributed by atoms with van der Waals surface area (Å²) in [6.07, 6.45) is 2.99. The van der Waals surface area contributed by atoms with Crippen LogP contribution in [-0.2, 0) is 21.3 Å². The Morgan fingerprint density at radius 1 is 1.40 bits per heavy atom. The fourth-order valence-electron chi connectivity index (χ4n) is 1.55. The maximum Gasteiger partial charge on any atom is 0.322 e. The Balaban J connectivity index is 1.71. The van der Waals surface area contributed by atoms with E-state index in [-0.39, 0.29) is 17.7 Å². The molecule has 0 aliphatic carbocycles. The van der Waals surface area contributed by atoms with Gasteiger partial charge in [-0.15, -0.1) is 5.10 Å². The van der Waals surface area contributed by atoms with Gasteiger partial charge in [0, 0.05) is 13.2 Å². The van der Waals surface area contributed by atoms with E-state index >= 15 is 0 Å². The van der Waals surface area contributed by atoms with Crippen LogP contribution in [0.5, 0.6) is 0 Å². The van der Waals surface area contributed by atoms with Crippen molar-refractivity contribution in [1.29, 1.82) is 0 Å². The van der Waals surface area contributed by atoms with E-state index in [1.165, 1.54) is 6.26 Å². The minimum absolute atomic E-state index is 0.0364. The molecule has 0 spiro atoms. The van der Waals surface area contributed by atoms with E-state index in [2.05, 4.69) is 20.6 Å². The zero-order valence-electron chi connectivity index (χ0n) is 10.6. The molecule has 20 heavy (non-hydrogen) atoms. The third-order valence-corrected chi connectivity index (χ3v) is 2.45. The van der Waals surface area contributed by atoms with E-state index in [0.717, 1.165) is 0 Å². The second kappa shape index (κ2) is 5.03. The van der Waals surface area contributed by atoms with Gasteiger partial charge in [-0.25, -0.2) is 0 Å². The van der Waals surface area contributed by atoms with Crippen molar-refractivity contribution in [2.24, 2.45) is 7.05 Å². The Kier molecular flexibility index (Phi) is 3.07. The van der Waals surface area contributed by atoms with Gasteiger partial charge in [-0.3, -0.25) is 14.8 Å². The van der Waals surface area contributed by atoms with E-state index in [9.17, 15) is 4.79 Å². The van der Waals surface area contributed by atoms with Gasteiger partial charge in [0.1, 0.15) is 25.2 Å². The predicted octanol–water partition coefficient (Wildman–Crippen LogP) is 0.297. The lowest BCUT2D eigenvalue weighted by atomic mass is 10.4. The molecule has 1 amide bonds. The first kappa shape index (κ1) is 12.2. The minimum Gasteiger partial charge on any atom is -0.494 e. The number of aromatic nitrogens is 4. The normalized spacial score (nSPS) is 14.2. The molecule has 0 bridgehead atoms. The Bertz CT molecular complexity index is 659. The zero-order valence-corrected chi connectivity index (χ0v) is 10.6. The number of anilines is 1. The summed E-state index contributed by atoms with van der Waals surface area (Å²) in [7, 11) is 1.77. The Hall–Kier alpha value is -2.84. The molecule has 0 saturated heterocycles. The van der Waals surface area contributed by atoms with Crippen molar-refractivity contribution < 1.29 is 18.7 Å². The van der Waals surface area contributed by atoms with Gasteiger partial charge in [0.05, 0.1) is 0 Å². The Labute approximate surface area is 113 Å². The maximum absolute atomic E-state index is 11.8. The molecule has 3 rings (SSSR count). The molecule has 0 fully saturated rings. The summed E-state index contributed by atoms with van der Waals surface area (Å²) in [5.41, 5.74) is 0.525. The molecule has 104 valence electrons. The molecule has 1 N–H and O–H groups in total. The number of aryl methyl sites for hydroxylation is 1. The van der Waals surface area contributed by atoms with Crippen molar-refractivity contribution in [1.82, 2.24) is 20.0 Å². The number of ether oxygens (including phenoxy) is 2. The van der Waals surface area contributed by atoms with Crippen LogP contribution >= 0.6 is 0 Å². The highest BCUT2D eigenvalue weighted by Crippen LogP contribution is 2.18. The van der Waals surface area contributed by atoms with Gasteiger partial charge in [0.25, 0.3) is 11.8 Å². The van der Waals surface area contributed by atoms with Crippen molar-refractivity contribution in [3.63, 3.8) is 0 Å². The van der Waals surface area contributed by atoms with E-state index in [4.69, 9.17) is 13.9 Å². The molecule has 0 unspecified atom stereocenters. The minimum atomic E-state index is -0.513. The SMILES string of the molecule is Cn1ccc(-c2nnc(NC(=O)C3=COCCO3)o2)n1. The number of hydrogen-bond donors (Lipinski definition) is 1. The Morgan fingerprint density at radius 2 is 2.30 bits per heavy atom. The van der Waals surface area contributed by atoms with Gasteiger partial charge in [0.15, 0.2) is 0 Å². The lowest BCUT2D eigenvalue weighted by molar-refractivity contribution is -0.117. The van der Waals surface area contributed by atoms with Gasteiger partial charge in [0.2, 0.25) is 5.76 Å². The van der Waals surface area contributed by atoms with Crippen LogP contribution in [0.1, 0.15) is 0 Å². The molecular formula is C11H11N5O4. The monoisotopic (exact) mass is 277 g/mol. The molecule has 0 saturated carbocycles. The smallest absolute Gasteiger partial charge is 0.322 e. The molecule has 0 radical (unpaired) electrons. The number of nitrogens with zero attached hydrogens (tertiary/aromatic N) is 4. The first-order valence-electron chi connectivity index (χ1n) is 5.82. The molecule has 9 heteroatoms. The second-order valence-electron chi connectivity index (χ2n) is 3.94. The predicted molar refractivity (Wildman–Crippen MR) is 65.1 cm³/mol. The molecule has 0 atom stereocenters. The molecule has 3 heterocycles. The third kappa shape index (κ3) is 2.46. The number of hydrogen-bond acceptors (Lipinski definition) is 7. The summed E-state index contributed by atoms with van der Waals surface area (Å²) in [6, 6.07) is 1.69. The van der Waals surface area contributed by atoms with Crippen LogP contribution in [0.4, 0.5) is 6.01 Å². The van der Waals surface area contributed by atoms with Crippen LogP contribution in [0.2, 0.25) is 0 Å². The van der Waals surface area contributed by atoms with Gasteiger partial charge in [-0.2, -0.15) is 5.10 Å². The molecule has 2 aromatic rings. The fourth-order valence-corrected chi connectivity index (χ4v) is 1.55. The van der Waals surface area contributed by atoms with Crippen LogP contribution in [-0.4, -0.2) is 39.1 Å². The molecule has 0 aromatic carbocycles. The largest absolute Gasteiger partial charge is 0.494 e. The molecule has 1 aliphatic rings. The first-order chi connectivity index (χ1) is 9.72. The van der Waals surface area contributed by atoms with E-state index < -0.39 is 5.91 Å². The Morgan fingerprint density at radius 3 is 3.00 bits per heavy atom. The van der Waals surface area contributed by atoms with Crippen LogP contribution in [0.15, 0.2) is 28.7 Å². The topological polar surface area (TPSA) is 104 Å². The second-order valence-corrected chi connectivity index (χ2v) is 3.94. The lowest BCUT2D eigenvalue weighted by Crippen LogP contribution is -2.21. The zero-order chi connectivity index (χ0) is 13.9.